The Balaban J connectivity index is 2.02. The van der Waals surface area contributed by atoms with E-state index < -0.39 is 5.60 Å². The molecule has 0 unspecified atom stereocenters. The van der Waals surface area contributed by atoms with E-state index >= 15 is 0 Å². The van der Waals surface area contributed by atoms with Gasteiger partial charge in [-0.1, -0.05) is 12.1 Å². The summed E-state index contributed by atoms with van der Waals surface area (Å²) in [5.41, 5.74) is 1.93. The van der Waals surface area contributed by atoms with Gasteiger partial charge in [0.1, 0.15) is 5.60 Å². The Morgan fingerprint density at radius 2 is 1.86 bits per heavy atom. The Labute approximate surface area is 133 Å². The normalized spacial score (nSPS) is 21.5. The van der Waals surface area contributed by atoms with Gasteiger partial charge < -0.3 is 20.3 Å². The molecule has 0 aromatic heterocycles. The lowest BCUT2D eigenvalue weighted by molar-refractivity contribution is 0.0504. The molecule has 1 aliphatic rings. The van der Waals surface area contributed by atoms with Gasteiger partial charge in [-0.3, -0.25) is 0 Å². The van der Waals surface area contributed by atoms with E-state index in [-0.39, 0.29) is 18.1 Å². The van der Waals surface area contributed by atoms with Crippen LogP contribution >= 0.6 is 0 Å². The standard InChI is InChI=1S/C17H27N3O2/c1-17(2,3)22-16(21)19-15-11-18-10-14(15)12-6-8-13(9-7-12)20(4)5/h6-9,14-15,18H,10-11H2,1-5H3,(H,19,21)/t14-,15-/m1/s1. The summed E-state index contributed by atoms with van der Waals surface area (Å²) in [5.74, 6) is 0.267. The van der Waals surface area contributed by atoms with Crippen molar-refractivity contribution in [2.24, 2.45) is 0 Å². The summed E-state index contributed by atoms with van der Waals surface area (Å²) < 4.78 is 5.35. The lowest BCUT2D eigenvalue weighted by Crippen LogP contribution is -2.42. The fourth-order valence-corrected chi connectivity index (χ4v) is 2.66. The Kier molecular flexibility index (Phi) is 4.96. The highest BCUT2D eigenvalue weighted by Gasteiger charge is 2.31. The third-order valence-corrected chi connectivity index (χ3v) is 3.75. The zero-order valence-corrected chi connectivity index (χ0v) is 14.1. The Hall–Kier alpha value is -1.75. The molecule has 1 saturated heterocycles. The van der Waals surface area contributed by atoms with Gasteiger partial charge in [-0.2, -0.15) is 0 Å². The number of rotatable bonds is 3. The van der Waals surface area contributed by atoms with Crippen molar-refractivity contribution in [1.82, 2.24) is 10.6 Å². The number of carbonyl (C=O) groups is 1. The van der Waals surface area contributed by atoms with Crippen LogP contribution in [0.5, 0.6) is 0 Å². The maximum atomic E-state index is 12.0. The van der Waals surface area contributed by atoms with Crippen LogP contribution in [0.4, 0.5) is 10.5 Å². The molecule has 22 heavy (non-hydrogen) atoms. The Morgan fingerprint density at radius 1 is 1.23 bits per heavy atom. The number of alkyl carbamates (subject to hydrolysis) is 1. The maximum Gasteiger partial charge on any atom is 0.407 e. The van der Waals surface area contributed by atoms with E-state index in [0.29, 0.717) is 0 Å². The summed E-state index contributed by atoms with van der Waals surface area (Å²) in [6.45, 7) is 7.24. The molecule has 2 N–H and O–H groups in total. The van der Waals surface area contributed by atoms with Gasteiger partial charge in [0.2, 0.25) is 0 Å². The van der Waals surface area contributed by atoms with Crippen molar-refractivity contribution < 1.29 is 9.53 Å². The van der Waals surface area contributed by atoms with Gasteiger partial charge in [-0.25, -0.2) is 4.79 Å². The highest BCUT2D eigenvalue weighted by atomic mass is 16.6. The summed E-state index contributed by atoms with van der Waals surface area (Å²) >= 11 is 0. The van der Waals surface area contributed by atoms with Crippen molar-refractivity contribution in [3.63, 3.8) is 0 Å². The number of benzene rings is 1. The van der Waals surface area contributed by atoms with Crippen LogP contribution in [0.25, 0.3) is 0 Å². The molecule has 1 aromatic carbocycles. The molecule has 1 aromatic rings. The van der Waals surface area contributed by atoms with Crippen LogP contribution in [-0.2, 0) is 4.74 Å². The highest BCUT2D eigenvalue weighted by Crippen LogP contribution is 2.25. The van der Waals surface area contributed by atoms with E-state index in [1.54, 1.807) is 0 Å². The molecule has 0 aliphatic carbocycles. The van der Waals surface area contributed by atoms with E-state index in [2.05, 4.69) is 39.8 Å². The first-order valence-electron chi connectivity index (χ1n) is 7.74. The van der Waals surface area contributed by atoms with E-state index in [4.69, 9.17) is 4.74 Å². The molecule has 0 bridgehead atoms. The summed E-state index contributed by atoms with van der Waals surface area (Å²) in [6.07, 6.45) is -0.351. The van der Waals surface area contributed by atoms with Crippen molar-refractivity contribution in [1.29, 1.82) is 0 Å². The molecule has 0 spiro atoms. The fraction of sp³-hybridized carbons (Fsp3) is 0.588. The van der Waals surface area contributed by atoms with Crippen LogP contribution in [0.3, 0.4) is 0 Å². The minimum absolute atomic E-state index is 0.0556. The van der Waals surface area contributed by atoms with Gasteiger partial charge >= 0.3 is 6.09 Å². The van der Waals surface area contributed by atoms with Crippen LogP contribution in [-0.4, -0.2) is 44.9 Å². The van der Waals surface area contributed by atoms with Crippen molar-refractivity contribution >= 4 is 11.8 Å². The molecule has 122 valence electrons. The SMILES string of the molecule is CN(C)c1ccc([C@H]2CNC[C@H]2NC(=O)OC(C)(C)C)cc1. The second-order valence-corrected chi connectivity index (χ2v) is 7.00. The molecular formula is C17H27N3O2. The van der Waals surface area contributed by atoms with E-state index in [1.807, 2.05) is 34.9 Å². The van der Waals surface area contributed by atoms with Gasteiger partial charge in [-0.05, 0) is 38.5 Å². The predicted molar refractivity (Wildman–Crippen MR) is 89.5 cm³/mol. The number of amides is 1. The molecular weight excluding hydrogens is 278 g/mol. The summed E-state index contributed by atoms with van der Waals surface area (Å²) in [4.78, 5) is 14.0. The highest BCUT2D eigenvalue weighted by molar-refractivity contribution is 5.68. The van der Waals surface area contributed by atoms with Crippen LogP contribution < -0.4 is 15.5 Å². The monoisotopic (exact) mass is 305 g/mol. The van der Waals surface area contributed by atoms with Crippen LogP contribution in [0.1, 0.15) is 32.3 Å². The Bertz CT molecular complexity index is 506. The summed E-state index contributed by atoms with van der Waals surface area (Å²) in [5, 5.41) is 6.33. The molecule has 5 nitrogen and oxygen atoms in total. The third-order valence-electron chi connectivity index (χ3n) is 3.75. The number of carbonyl (C=O) groups excluding carboxylic acids is 1. The zero-order chi connectivity index (χ0) is 16.3. The van der Waals surface area contributed by atoms with Crippen LogP contribution in [0.2, 0.25) is 0 Å². The molecule has 2 atom stereocenters. The lowest BCUT2D eigenvalue weighted by atomic mass is 9.94. The largest absolute Gasteiger partial charge is 0.444 e. The minimum atomic E-state index is -0.473. The van der Waals surface area contributed by atoms with Gasteiger partial charge in [0.25, 0.3) is 0 Å². The van der Waals surface area contributed by atoms with E-state index in [1.165, 1.54) is 11.3 Å². The van der Waals surface area contributed by atoms with Crippen molar-refractivity contribution in [3.05, 3.63) is 29.8 Å². The van der Waals surface area contributed by atoms with Crippen molar-refractivity contribution in [3.8, 4) is 0 Å². The second kappa shape index (κ2) is 6.57. The topological polar surface area (TPSA) is 53.6 Å². The number of hydrogen-bond donors (Lipinski definition) is 2. The second-order valence-electron chi connectivity index (χ2n) is 7.00. The minimum Gasteiger partial charge on any atom is -0.444 e. The summed E-state index contributed by atoms with van der Waals surface area (Å²) in [7, 11) is 4.05. The lowest BCUT2D eigenvalue weighted by Gasteiger charge is -2.24. The van der Waals surface area contributed by atoms with E-state index in [9.17, 15) is 4.79 Å². The molecule has 1 heterocycles. The number of nitrogens with one attached hydrogen (secondary N) is 2. The molecule has 1 fully saturated rings. The fourth-order valence-electron chi connectivity index (χ4n) is 2.66. The quantitative estimate of drug-likeness (QED) is 0.900. The van der Waals surface area contributed by atoms with Gasteiger partial charge in [0, 0.05) is 38.8 Å². The first-order chi connectivity index (χ1) is 10.3. The van der Waals surface area contributed by atoms with Gasteiger partial charge in [-0.15, -0.1) is 0 Å². The first-order valence-corrected chi connectivity index (χ1v) is 7.74. The number of hydrogen-bond acceptors (Lipinski definition) is 4. The van der Waals surface area contributed by atoms with E-state index in [0.717, 1.165) is 13.1 Å². The van der Waals surface area contributed by atoms with Crippen LogP contribution in [0, 0.1) is 0 Å². The number of nitrogens with zero attached hydrogens (tertiary/aromatic N) is 1. The predicted octanol–water partition coefficient (Wildman–Crippen LogP) is 2.33. The van der Waals surface area contributed by atoms with Crippen molar-refractivity contribution in [2.75, 3.05) is 32.1 Å². The average molecular weight is 305 g/mol. The number of ether oxygens (including phenoxy) is 1. The average Bonchev–Trinajstić information content (AvgIpc) is 2.84. The molecule has 1 aliphatic heterocycles. The molecule has 5 heteroatoms. The smallest absolute Gasteiger partial charge is 0.407 e. The van der Waals surface area contributed by atoms with Crippen molar-refractivity contribution in [2.45, 2.75) is 38.3 Å². The van der Waals surface area contributed by atoms with Gasteiger partial charge in [0.15, 0.2) is 0 Å². The number of anilines is 1. The maximum absolute atomic E-state index is 12.0. The molecule has 2 rings (SSSR count). The third kappa shape index (κ3) is 4.37. The van der Waals surface area contributed by atoms with Gasteiger partial charge in [0.05, 0.1) is 6.04 Å². The zero-order valence-electron chi connectivity index (χ0n) is 14.1. The molecule has 1 amide bonds. The van der Waals surface area contributed by atoms with Crippen LogP contribution in [0.15, 0.2) is 24.3 Å². The first kappa shape index (κ1) is 16.6. The summed E-state index contributed by atoms with van der Waals surface area (Å²) in [6, 6.07) is 8.55. The Morgan fingerprint density at radius 3 is 2.41 bits per heavy atom. The molecule has 0 radical (unpaired) electrons. The molecule has 0 saturated carbocycles.